The second-order valence-corrected chi connectivity index (χ2v) is 10.0. The third-order valence-electron chi connectivity index (χ3n) is 7.26. The Morgan fingerprint density at radius 3 is 2.16 bits per heavy atom. The molecule has 1 amide bonds. The molecule has 1 atom stereocenters. The fourth-order valence-corrected chi connectivity index (χ4v) is 5.19. The first-order chi connectivity index (χ1) is 15.3. The second kappa shape index (κ2) is 9.35. The van der Waals surface area contributed by atoms with Crippen LogP contribution < -0.4 is 5.32 Å². The Bertz CT molecular complexity index is 928. The van der Waals surface area contributed by atoms with Crippen molar-refractivity contribution in [3.63, 3.8) is 0 Å². The standard InChI is InChI=1S/C27H33NO4/c1-27(2)15-13-18(14-16-27)11-12-24(25(29)30)28-26(31)32-17-23-21-9-5-3-7-19(21)20-8-4-6-10-22(20)23/h3-10,18,23-24H,11-17H2,1-2H3,(H,28,31)(H,29,30)/t24-/m0/s1. The number of nitrogens with one attached hydrogen (secondary N) is 1. The summed E-state index contributed by atoms with van der Waals surface area (Å²) in [5.41, 5.74) is 4.99. The van der Waals surface area contributed by atoms with Gasteiger partial charge in [0.05, 0.1) is 0 Å². The van der Waals surface area contributed by atoms with E-state index in [0.717, 1.165) is 41.5 Å². The van der Waals surface area contributed by atoms with Crippen molar-refractivity contribution in [1.29, 1.82) is 0 Å². The van der Waals surface area contributed by atoms with Crippen LogP contribution in [0.3, 0.4) is 0 Å². The first kappa shape index (κ1) is 22.4. The zero-order valence-corrected chi connectivity index (χ0v) is 19.0. The van der Waals surface area contributed by atoms with Gasteiger partial charge < -0.3 is 15.2 Å². The highest BCUT2D eigenvalue weighted by Gasteiger charge is 2.31. The fraction of sp³-hybridized carbons (Fsp3) is 0.481. The van der Waals surface area contributed by atoms with Crippen LogP contribution in [0.2, 0.25) is 0 Å². The number of hydrogen-bond acceptors (Lipinski definition) is 3. The lowest BCUT2D eigenvalue weighted by atomic mass is 9.72. The summed E-state index contributed by atoms with van der Waals surface area (Å²) in [7, 11) is 0. The molecule has 32 heavy (non-hydrogen) atoms. The number of carboxylic acids is 1. The SMILES string of the molecule is CC1(C)CCC(CC[C@H](NC(=O)OCC2c3ccccc3-c3ccccc32)C(=O)O)CC1. The molecule has 2 aliphatic carbocycles. The molecule has 2 aromatic carbocycles. The van der Waals surface area contributed by atoms with E-state index in [1.807, 2.05) is 24.3 Å². The van der Waals surface area contributed by atoms with Gasteiger partial charge in [0.1, 0.15) is 12.6 Å². The minimum Gasteiger partial charge on any atom is -0.480 e. The third kappa shape index (κ3) is 4.98. The number of hydrogen-bond donors (Lipinski definition) is 2. The molecule has 1 fully saturated rings. The predicted molar refractivity (Wildman–Crippen MR) is 125 cm³/mol. The molecule has 0 aromatic heterocycles. The number of rotatable bonds is 7. The van der Waals surface area contributed by atoms with E-state index >= 15 is 0 Å². The number of carbonyl (C=O) groups is 2. The first-order valence-corrected chi connectivity index (χ1v) is 11.7. The minimum atomic E-state index is -1.00. The Hall–Kier alpha value is -2.82. The van der Waals surface area contributed by atoms with Crippen LogP contribution in [-0.4, -0.2) is 29.8 Å². The van der Waals surface area contributed by atoms with E-state index in [9.17, 15) is 14.7 Å². The molecule has 4 rings (SSSR count). The van der Waals surface area contributed by atoms with Crippen molar-refractivity contribution in [2.45, 2.75) is 64.3 Å². The molecule has 0 radical (unpaired) electrons. The summed E-state index contributed by atoms with van der Waals surface area (Å²) < 4.78 is 5.53. The summed E-state index contributed by atoms with van der Waals surface area (Å²) in [6.45, 7) is 4.77. The largest absolute Gasteiger partial charge is 0.480 e. The van der Waals surface area contributed by atoms with Crippen LogP contribution in [0.1, 0.15) is 69.4 Å². The van der Waals surface area contributed by atoms with Gasteiger partial charge in [0.15, 0.2) is 0 Å². The molecule has 5 heteroatoms. The molecule has 2 N–H and O–H groups in total. The van der Waals surface area contributed by atoms with Gasteiger partial charge in [-0.15, -0.1) is 0 Å². The Labute approximate surface area is 190 Å². The second-order valence-electron chi connectivity index (χ2n) is 10.0. The Balaban J connectivity index is 1.32. The third-order valence-corrected chi connectivity index (χ3v) is 7.26. The highest BCUT2D eigenvalue weighted by Crippen LogP contribution is 2.44. The van der Waals surface area contributed by atoms with Crippen LogP contribution in [-0.2, 0) is 9.53 Å². The molecule has 1 saturated carbocycles. The highest BCUT2D eigenvalue weighted by molar-refractivity contribution is 5.81. The van der Waals surface area contributed by atoms with Gasteiger partial charge in [-0.3, -0.25) is 0 Å². The van der Waals surface area contributed by atoms with Gasteiger partial charge in [0, 0.05) is 5.92 Å². The van der Waals surface area contributed by atoms with Crippen LogP contribution in [0.15, 0.2) is 48.5 Å². The summed E-state index contributed by atoms with van der Waals surface area (Å²) in [5, 5.41) is 12.2. The van der Waals surface area contributed by atoms with Gasteiger partial charge >= 0.3 is 12.1 Å². The van der Waals surface area contributed by atoms with Crippen LogP contribution in [0.25, 0.3) is 11.1 Å². The number of fused-ring (bicyclic) bond motifs is 3. The van der Waals surface area contributed by atoms with Crippen LogP contribution in [0, 0.1) is 11.3 Å². The van der Waals surface area contributed by atoms with E-state index in [-0.39, 0.29) is 12.5 Å². The van der Waals surface area contributed by atoms with Gasteiger partial charge in [-0.1, -0.05) is 62.4 Å². The highest BCUT2D eigenvalue weighted by atomic mass is 16.5. The first-order valence-electron chi connectivity index (χ1n) is 11.7. The van der Waals surface area contributed by atoms with Gasteiger partial charge in [-0.25, -0.2) is 9.59 Å². The topological polar surface area (TPSA) is 75.6 Å². The molecule has 0 spiro atoms. The lowest BCUT2D eigenvalue weighted by molar-refractivity contribution is -0.139. The lowest BCUT2D eigenvalue weighted by Crippen LogP contribution is -2.41. The molecule has 0 saturated heterocycles. The summed E-state index contributed by atoms with van der Waals surface area (Å²) in [6.07, 6.45) is 5.20. The number of carbonyl (C=O) groups excluding carboxylic acids is 1. The van der Waals surface area contributed by atoms with Gasteiger partial charge in [0.25, 0.3) is 0 Å². The maximum atomic E-state index is 12.5. The normalized spacial score (nSPS) is 18.4. The Kier molecular flexibility index (Phi) is 6.54. The molecule has 0 bridgehead atoms. The maximum Gasteiger partial charge on any atom is 0.407 e. The molecule has 0 aliphatic heterocycles. The zero-order chi connectivity index (χ0) is 22.7. The van der Waals surface area contributed by atoms with Crippen LogP contribution >= 0.6 is 0 Å². The van der Waals surface area contributed by atoms with Crippen molar-refractivity contribution in [2.24, 2.45) is 11.3 Å². The van der Waals surface area contributed by atoms with Gasteiger partial charge in [0.2, 0.25) is 0 Å². The van der Waals surface area contributed by atoms with Gasteiger partial charge in [-0.2, -0.15) is 0 Å². The van der Waals surface area contributed by atoms with E-state index in [1.54, 1.807) is 0 Å². The maximum absolute atomic E-state index is 12.5. The fourth-order valence-electron chi connectivity index (χ4n) is 5.19. The zero-order valence-electron chi connectivity index (χ0n) is 19.0. The summed E-state index contributed by atoms with van der Waals surface area (Å²) >= 11 is 0. The smallest absolute Gasteiger partial charge is 0.407 e. The van der Waals surface area contributed by atoms with Crippen molar-refractivity contribution in [3.05, 3.63) is 59.7 Å². The number of amides is 1. The van der Waals surface area contributed by atoms with E-state index in [1.165, 1.54) is 12.8 Å². The van der Waals surface area contributed by atoms with E-state index in [0.29, 0.717) is 17.8 Å². The number of alkyl carbamates (subject to hydrolysis) is 1. The average molecular weight is 436 g/mol. The minimum absolute atomic E-state index is 0.0398. The molecule has 0 heterocycles. The van der Waals surface area contributed by atoms with E-state index in [4.69, 9.17) is 4.74 Å². The quantitative estimate of drug-likeness (QED) is 0.561. The van der Waals surface area contributed by atoms with Crippen molar-refractivity contribution < 1.29 is 19.4 Å². The lowest BCUT2D eigenvalue weighted by Gasteiger charge is -2.34. The molecule has 170 valence electrons. The number of carboxylic acid groups (broad SMARTS) is 1. The summed E-state index contributed by atoms with van der Waals surface area (Å²) in [5.74, 6) is -0.508. The molecular formula is C27H33NO4. The monoisotopic (exact) mass is 435 g/mol. The van der Waals surface area contributed by atoms with Crippen molar-refractivity contribution in [3.8, 4) is 11.1 Å². The molecule has 2 aromatic rings. The molecule has 0 unspecified atom stereocenters. The van der Waals surface area contributed by atoms with Crippen LogP contribution in [0.4, 0.5) is 4.79 Å². The average Bonchev–Trinajstić information content (AvgIpc) is 3.09. The number of aliphatic carboxylic acids is 1. The molecule has 5 nitrogen and oxygen atoms in total. The van der Waals surface area contributed by atoms with Crippen LogP contribution in [0.5, 0.6) is 0 Å². The Morgan fingerprint density at radius 1 is 1.03 bits per heavy atom. The van der Waals surface area contributed by atoms with Gasteiger partial charge in [-0.05, 0) is 72.1 Å². The van der Waals surface area contributed by atoms with Crippen molar-refractivity contribution in [2.75, 3.05) is 6.61 Å². The number of ether oxygens (including phenoxy) is 1. The Morgan fingerprint density at radius 2 is 1.59 bits per heavy atom. The molecule has 2 aliphatic rings. The van der Waals surface area contributed by atoms with E-state index < -0.39 is 18.1 Å². The summed E-state index contributed by atoms with van der Waals surface area (Å²) in [6, 6.07) is 15.4. The van der Waals surface area contributed by atoms with Crippen molar-refractivity contribution >= 4 is 12.1 Å². The van der Waals surface area contributed by atoms with Crippen molar-refractivity contribution in [1.82, 2.24) is 5.32 Å². The summed E-state index contributed by atoms with van der Waals surface area (Å²) in [4.78, 5) is 24.2. The number of benzene rings is 2. The van der Waals surface area contributed by atoms with E-state index in [2.05, 4.69) is 43.4 Å². The predicted octanol–water partition coefficient (Wildman–Crippen LogP) is 5.97. The molecular weight excluding hydrogens is 402 g/mol.